The van der Waals surface area contributed by atoms with Crippen LogP contribution in [-0.4, -0.2) is 18.0 Å². The number of carbonyl (C=O) groups is 1. The van der Waals surface area contributed by atoms with Crippen molar-refractivity contribution in [2.75, 3.05) is 6.61 Å². The summed E-state index contributed by atoms with van der Waals surface area (Å²) in [4.78, 5) is 12.5. The minimum Gasteiger partial charge on any atom is -0.367 e. The van der Waals surface area contributed by atoms with Crippen molar-refractivity contribution in [2.45, 2.75) is 39.2 Å². The average Bonchev–Trinajstić information content (AvgIpc) is 2.35. The van der Waals surface area contributed by atoms with Gasteiger partial charge in [-0.1, -0.05) is 37.6 Å². The Morgan fingerprint density at radius 3 is 2.41 bits per heavy atom. The van der Waals surface area contributed by atoms with E-state index in [0.29, 0.717) is 30.0 Å². The SMILES string of the molecule is CCOC(CC)(CC)C(=O)c1cccc(Cl)c1. The summed E-state index contributed by atoms with van der Waals surface area (Å²) in [6, 6.07) is 7.03. The van der Waals surface area contributed by atoms with E-state index >= 15 is 0 Å². The smallest absolute Gasteiger partial charge is 0.194 e. The van der Waals surface area contributed by atoms with Crippen LogP contribution in [0.2, 0.25) is 5.02 Å². The molecule has 0 saturated carbocycles. The van der Waals surface area contributed by atoms with Crippen LogP contribution in [0.4, 0.5) is 0 Å². The van der Waals surface area contributed by atoms with Crippen LogP contribution in [0, 0.1) is 0 Å². The molecule has 2 nitrogen and oxygen atoms in total. The number of ether oxygens (including phenoxy) is 1. The second-order valence-electron chi connectivity index (χ2n) is 3.97. The van der Waals surface area contributed by atoms with Gasteiger partial charge in [-0.05, 0) is 31.9 Å². The molecular weight excluding hydrogens is 236 g/mol. The highest BCUT2D eigenvalue weighted by Crippen LogP contribution is 2.26. The Hall–Kier alpha value is -0.860. The molecule has 0 fully saturated rings. The fourth-order valence-electron chi connectivity index (χ4n) is 2.01. The van der Waals surface area contributed by atoms with E-state index in [2.05, 4.69) is 0 Å². The first-order valence-electron chi connectivity index (χ1n) is 6.04. The molecule has 0 aromatic heterocycles. The number of rotatable bonds is 6. The maximum atomic E-state index is 12.5. The van der Waals surface area contributed by atoms with E-state index in [1.165, 1.54) is 0 Å². The van der Waals surface area contributed by atoms with E-state index in [9.17, 15) is 4.79 Å². The Bertz CT molecular complexity index is 384. The molecule has 0 atom stereocenters. The number of Topliss-reactive ketones (excluding diaryl/α,β-unsaturated/α-hetero) is 1. The van der Waals surface area contributed by atoms with Gasteiger partial charge in [0, 0.05) is 17.2 Å². The third-order valence-electron chi connectivity index (χ3n) is 3.06. The Labute approximate surface area is 108 Å². The average molecular weight is 255 g/mol. The van der Waals surface area contributed by atoms with Crippen LogP contribution >= 0.6 is 11.6 Å². The lowest BCUT2D eigenvalue weighted by Gasteiger charge is -2.30. The lowest BCUT2D eigenvalue weighted by atomic mass is 9.87. The first kappa shape index (κ1) is 14.2. The molecule has 17 heavy (non-hydrogen) atoms. The number of hydrogen-bond acceptors (Lipinski definition) is 2. The van der Waals surface area contributed by atoms with Crippen molar-refractivity contribution in [3.05, 3.63) is 34.9 Å². The fraction of sp³-hybridized carbons (Fsp3) is 0.500. The molecule has 0 N–H and O–H groups in total. The maximum Gasteiger partial charge on any atom is 0.194 e. The zero-order valence-electron chi connectivity index (χ0n) is 10.6. The highest BCUT2D eigenvalue weighted by atomic mass is 35.5. The van der Waals surface area contributed by atoms with Crippen molar-refractivity contribution in [2.24, 2.45) is 0 Å². The van der Waals surface area contributed by atoms with E-state index in [1.807, 2.05) is 20.8 Å². The molecule has 0 bridgehead atoms. The van der Waals surface area contributed by atoms with Crippen molar-refractivity contribution < 1.29 is 9.53 Å². The summed E-state index contributed by atoms with van der Waals surface area (Å²) in [5.74, 6) is 0.0202. The molecule has 0 heterocycles. The normalized spacial score (nSPS) is 11.5. The summed E-state index contributed by atoms with van der Waals surface area (Å²) in [6.45, 7) is 6.39. The summed E-state index contributed by atoms with van der Waals surface area (Å²) in [6.07, 6.45) is 1.34. The predicted molar refractivity (Wildman–Crippen MR) is 70.7 cm³/mol. The summed E-state index contributed by atoms with van der Waals surface area (Å²) in [7, 11) is 0. The molecule has 0 aliphatic carbocycles. The minimum absolute atomic E-state index is 0.0202. The third-order valence-corrected chi connectivity index (χ3v) is 3.30. The number of halogens is 1. The number of benzene rings is 1. The summed E-state index contributed by atoms with van der Waals surface area (Å²) in [5.41, 5.74) is -0.0889. The van der Waals surface area contributed by atoms with Gasteiger partial charge in [-0.2, -0.15) is 0 Å². The van der Waals surface area contributed by atoms with E-state index < -0.39 is 5.60 Å². The van der Waals surface area contributed by atoms with Gasteiger partial charge < -0.3 is 4.74 Å². The summed E-state index contributed by atoms with van der Waals surface area (Å²) < 4.78 is 5.69. The van der Waals surface area contributed by atoms with Crippen LogP contribution in [0.3, 0.4) is 0 Å². The van der Waals surface area contributed by atoms with E-state index in [-0.39, 0.29) is 5.78 Å². The van der Waals surface area contributed by atoms with Crippen LogP contribution < -0.4 is 0 Å². The van der Waals surface area contributed by atoms with Crippen LogP contribution in [-0.2, 0) is 4.74 Å². The number of carbonyl (C=O) groups excluding carboxylic acids is 1. The molecule has 0 amide bonds. The largest absolute Gasteiger partial charge is 0.367 e. The van der Waals surface area contributed by atoms with Gasteiger partial charge in [0.25, 0.3) is 0 Å². The summed E-state index contributed by atoms with van der Waals surface area (Å²) in [5, 5.41) is 0.577. The number of ketones is 1. The van der Waals surface area contributed by atoms with Crippen molar-refractivity contribution in [3.63, 3.8) is 0 Å². The van der Waals surface area contributed by atoms with Gasteiger partial charge in [-0.25, -0.2) is 0 Å². The van der Waals surface area contributed by atoms with Crippen molar-refractivity contribution in [1.29, 1.82) is 0 Å². The van der Waals surface area contributed by atoms with E-state index in [1.54, 1.807) is 24.3 Å². The molecular formula is C14H19ClO2. The zero-order chi connectivity index (χ0) is 12.9. The van der Waals surface area contributed by atoms with Gasteiger partial charge in [-0.3, -0.25) is 4.79 Å². The van der Waals surface area contributed by atoms with Gasteiger partial charge >= 0.3 is 0 Å². The zero-order valence-corrected chi connectivity index (χ0v) is 11.4. The Morgan fingerprint density at radius 2 is 1.94 bits per heavy atom. The van der Waals surface area contributed by atoms with Crippen molar-refractivity contribution >= 4 is 17.4 Å². The maximum absolute atomic E-state index is 12.5. The summed E-state index contributed by atoms with van der Waals surface area (Å²) >= 11 is 5.91. The monoisotopic (exact) mass is 254 g/mol. The molecule has 0 aliphatic heterocycles. The second kappa shape index (κ2) is 6.18. The van der Waals surface area contributed by atoms with Gasteiger partial charge in [-0.15, -0.1) is 0 Å². The van der Waals surface area contributed by atoms with Crippen LogP contribution in [0.15, 0.2) is 24.3 Å². The van der Waals surface area contributed by atoms with Crippen molar-refractivity contribution in [1.82, 2.24) is 0 Å². The molecule has 0 radical (unpaired) electrons. The predicted octanol–water partition coefficient (Wildman–Crippen LogP) is 4.12. The van der Waals surface area contributed by atoms with Gasteiger partial charge in [0.15, 0.2) is 5.78 Å². The highest BCUT2D eigenvalue weighted by molar-refractivity contribution is 6.31. The topological polar surface area (TPSA) is 26.3 Å². The quantitative estimate of drug-likeness (QED) is 0.714. The lowest BCUT2D eigenvalue weighted by molar-refractivity contribution is -0.0250. The van der Waals surface area contributed by atoms with Crippen LogP contribution in [0.25, 0.3) is 0 Å². The van der Waals surface area contributed by atoms with Crippen LogP contribution in [0.1, 0.15) is 44.0 Å². The standard InChI is InChI=1S/C14H19ClO2/c1-4-14(5-2,17-6-3)13(16)11-8-7-9-12(15)10-11/h7-10H,4-6H2,1-3H3. The molecule has 3 heteroatoms. The second-order valence-corrected chi connectivity index (χ2v) is 4.41. The molecule has 0 aliphatic rings. The molecule has 0 spiro atoms. The van der Waals surface area contributed by atoms with Gasteiger partial charge in [0.2, 0.25) is 0 Å². The Kier molecular flexibility index (Phi) is 5.16. The third kappa shape index (κ3) is 3.08. The molecule has 0 unspecified atom stereocenters. The Morgan fingerprint density at radius 1 is 1.29 bits per heavy atom. The number of hydrogen-bond donors (Lipinski definition) is 0. The molecule has 1 rings (SSSR count). The van der Waals surface area contributed by atoms with Crippen LogP contribution in [0.5, 0.6) is 0 Å². The molecule has 1 aromatic carbocycles. The highest BCUT2D eigenvalue weighted by Gasteiger charge is 2.36. The first-order chi connectivity index (χ1) is 8.09. The van der Waals surface area contributed by atoms with Gasteiger partial charge in [0.1, 0.15) is 5.60 Å². The van der Waals surface area contributed by atoms with Gasteiger partial charge in [0.05, 0.1) is 0 Å². The van der Waals surface area contributed by atoms with Crippen molar-refractivity contribution in [3.8, 4) is 0 Å². The minimum atomic E-state index is -0.709. The lowest BCUT2D eigenvalue weighted by Crippen LogP contribution is -2.40. The first-order valence-corrected chi connectivity index (χ1v) is 6.41. The Balaban J connectivity index is 3.07. The van der Waals surface area contributed by atoms with E-state index in [4.69, 9.17) is 16.3 Å². The molecule has 94 valence electrons. The molecule has 0 saturated heterocycles. The van der Waals surface area contributed by atoms with E-state index in [0.717, 1.165) is 0 Å². The molecule has 1 aromatic rings. The fourth-order valence-corrected chi connectivity index (χ4v) is 2.20.